The lowest BCUT2D eigenvalue weighted by atomic mass is 10.1. The largest absolute Gasteiger partial charge is 0.463 e. The molecular formula is C10H13ClF5NO2. The summed E-state index contributed by atoms with van der Waals surface area (Å²) in [5.41, 5.74) is 0. The van der Waals surface area contributed by atoms with Crippen LogP contribution in [0.3, 0.4) is 0 Å². The summed E-state index contributed by atoms with van der Waals surface area (Å²) in [5.74, 6) is -9.35. The van der Waals surface area contributed by atoms with E-state index in [1.54, 1.807) is 0 Å². The number of rotatable bonds is 6. The Morgan fingerprint density at radius 3 is 2.00 bits per heavy atom. The summed E-state index contributed by atoms with van der Waals surface area (Å²) in [6.07, 6.45) is -5.88. The monoisotopic (exact) mass is 309 g/mol. The van der Waals surface area contributed by atoms with E-state index in [4.69, 9.17) is 11.6 Å². The van der Waals surface area contributed by atoms with Crippen LogP contribution in [0.25, 0.3) is 0 Å². The molecule has 0 saturated heterocycles. The lowest BCUT2D eigenvalue weighted by Crippen LogP contribution is -2.55. The Hall–Kier alpha value is -0.920. The van der Waals surface area contributed by atoms with E-state index in [-0.39, 0.29) is 11.3 Å². The average Bonchev–Trinajstić information content (AvgIpc) is 2.32. The molecule has 1 unspecified atom stereocenters. The van der Waals surface area contributed by atoms with Gasteiger partial charge in [-0.25, -0.2) is 0 Å². The van der Waals surface area contributed by atoms with Crippen LogP contribution in [0.2, 0.25) is 0 Å². The SMILES string of the molecule is CCC(C)N(CC(=O)CCl)C(=O)C(F)(F)C(F)(F)F. The molecule has 0 bridgehead atoms. The fraction of sp³-hybridized carbons (Fsp3) is 0.800. The van der Waals surface area contributed by atoms with Crippen molar-refractivity contribution < 1.29 is 31.5 Å². The number of Topliss-reactive ketones (excluding diaryl/α,β-unsaturated/α-hetero) is 1. The molecule has 0 aromatic rings. The van der Waals surface area contributed by atoms with Crippen LogP contribution in [-0.2, 0) is 9.59 Å². The Labute approximate surface area is 111 Å². The fourth-order valence-corrected chi connectivity index (χ4v) is 1.27. The summed E-state index contributed by atoms with van der Waals surface area (Å²) in [5, 5.41) is 0. The molecule has 1 atom stereocenters. The predicted octanol–water partition coefficient (Wildman–Crippen LogP) is 2.62. The minimum atomic E-state index is -6.00. The molecule has 0 radical (unpaired) electrons. The van der Waals surface area contributed by atoms with E-state index in [0.717, 1.165) is 0 Å². The zero-order valence-corrected chi connectivity index (χ0v) is 11.0. The first kappa shape index (κ1) is 18.1. The molecule has 0 aromatic carbocycles. The predicted molar refractivity (Wildman–Crippen MR) is 58.2 cm³/mol. The standard InChI is InChI=1S/C10H13ClF5NO2/c1-3-6(2)17(5-7(18)4-11)8(19)9(12,13)10(14,15)16/h6H,3-5H2,1-2H3. The Balaban J connectivity index is 5.28. The minimum Gasteiger partial charge on any atom is -0.327 e. The van der Waals surface area contributed by atoms with Crippen molar-refractivity contribution in [3.8, 4) is 0 Å². The van der Waals surface area contributed by atoms with Crippen molar-refractivity contribution in [1.82, 2.24) is 4.90 Å². The van der Waals surface area contributed by atoms with Gasteiger partial charge in [-0.05, 0) is 13.3 Å². The van der Waals surface area contributed by atoms with Crippen molar-refractivity contribution in [3.05, 3.63) is 0 Å². The summed E-state index contributed by atoms with van der Waals surface area (Å²) in [7, 11) is 0. The summed E-state index contributed by atoms with van der Waals surface area (Å²) in [6, 6.07) is -0.937. The lowest BCUT2D eigenvalue weighted by Gasteiger charge is -2.31. The second-order valence-corrected chi connectivity index (χ2v) is 4.20. The van der Waals surface area contributed by atoms with E-state index in [1.165, 1.54) is 13.8 Å². The first-order valence-corrected chi connectivity index (χ1v) is 5.85. The molecule has 19 heavy (non-hydrogen) atoms. The van der Waals surface area contributed by atoms with Gasteiger partial charge in [0, 0.05) is 6.04 Å². The topological polar surface area (TPSA) is 37.4 Å². The van der Waals surface area contributed by atoms with Crippen molar-refractivity contribution in [2.45, 2.75) is 38.4 Å². The van der Waals surface area contributed by atoms with Gasteiger partial charge >= 0.3 is 18.0 Å². The summed E-state index contributed by atoms with van der Waals surface area (Å²) >= 11 is 5.16. The van der Waals surface area contributed by atoms with Crippen LogP contribution in [0.1, 0.15) is 20.3 Å². The van der Waals surface area contributed by atoms with Gasteiger partial charge in [0.1, 0.15) is 0 Å². The van der Waals surface area contributed by atoms with Crippen LogP contribution >= 0.6 is 11.6 Å². The Kier molecular flexibility index (Phi) is 6.18. The molecule has 0 rings (SSSR count). The summed E-state index contributed by atoms with van der Waals surface area (Å²) in [6.45, 7) is 1.89. The van der Waals surface area contributed by atoms with E-state index >= 15 is 0 Å². The molecule has 0 aliphatic heterocycles. The molecule has 9 heteroatoms. The number of alkyl halides is 6. The highest BCUT2D eigenvalue weighted by Crippen LogP contribution is 2.37. The quantitative estimate of drug-likeness (QED) is 0.559. The van der Waals surface area contributed by atoms with Crippen LogP contribution in [0.15, 0.2) is 0 Å². The zero-order valence-electron chi connectivity index (χ0n) is 10.2. The van der Waals surface area contributed by atoms with Crippen molar-refractivity contribution in [2.75, 3.05) is 12.4 Å². The van der Waals surface area contributed by atoms with Gasteiger partial charge in [-0.1, -0.05) is 6.92 Å². The van der Waals surface area contributed by atoms with Gasteiger partial charge < -0.3 is 4.90 Å². The van der Waals surface area contributed by atoms with Crippen LogP contribution in [-0.4, -0.2) is 47.2 Å². The highest BCUT2D eigenvalue weighted by atomic mass is 35.5. The molecule has 0 aromatic heterocycles. The van der Waals surface area contributed by atoms with Gasteiger partial charge in [0.25, 0.3) is 0 Å². The molecule has 0 fully saturated rings. The average molecular weight is 310 g/mol. The third kappa shape index (κ3) is 4.29. The Morgan fingerprint density at radius 1 is 1.21 bits per heavy atom. The van der Waals surface area contributed by atoms with E-state index in [2.05, 4.69) is 0 Å². The van der Waals surface area contributed by atoms with Gasteiger partial charge in [-0.3, -0.25) is 9.59 Å². The van der Waals surface area contributed by atoms with Crippen LogP contribution in [0.5, 0.6) is 0 Å². The van der Waals surface area contributed by atoms with Gasteiger partial charge in [0.05, 0.1) is 12.4 Å². The van der Waals surface area contributed by atoms with Crippen LogP contribution < -0.4 is 0 Å². The first-order valence-electron chi connectivity index (χ1n) is 5.32. The normalized spacial score (nSPS) is 14.1. The highest BCUT2D eigenvalue weighted by Gasteiger charge is 2.65. The third-order valence-electron chi connectivity index (χ3n) is 2.50. The number of amides is 1. The number of carbonyl (C=O) groups is 2. The number of hydrogen-bond donors (Lipinski definition) is 0. The maximum atomic E-state index is 13.0. The maximum Gasteiger partial charge on any atom is 0.463 e. The zero-order chi connectivity index (χ0) is 15.4. The van der Waals surface area contributed by atoms with Gasteiger partial charge in [-0.2, -0.15) is 22.0 Å². The number of ketones is 1. The van der Waals surface area contributed by atoms with Crippen LogP contribution in [0.4, 0.5) is 22.0 Å². The fourth-order valence-electron chi connectivity index (χ4n) is 1.18. The molecular weight excluding hydrogens is 297 g/mol. The molecule has 1 amide bonds. The molecule has 3 nitrogen and oxygen atoms in total. The number of halogens is 6. The van der Waals surface area contributed by atoms with E-state index < -0.39 is 42.3 Å². The first-order chi connectivity index (χ1) is 8.48. The van der Waals surface area contributed by atoms with E-state index in [1.807, 2.05) is 0 Å². The van der Waals surface area contributed by atoms with E-state index in [9.17, 15) is 31.5 Å². The summed E-state index contributed by atoms with van der Waals surface area (Å²) < 4.78 is 62.3. The highest BCUT2D eigenvalue weighted by molar-refractivity contribution is 6.28. The van der Waals surface area contributed by atoms with E-state index in [0.29, 0.717) is 0 Å². The minimum absolute atomic E-state index is 0.120. The number of hydrogen-bond acceptors (Lipinski definition) is 2. The third-order valence-corrected chi connectivity index (χ3v) is 2.80. The van der Waals surface area contributed by atoms with Crippen LogP contribution in [0, 0.1) is 0 Å². The second-order valence-electron chi connectivity index (χ2n) is 3.93. The number of nitrogens with zero attached hydrogens (tertiary/aromatic N) is 1. The lowest BCUT2D eigenvalue weighted by molar-refractivity contribution is -0.275. The molecule has 0 N–H and O–H groups in total. The van der Waals surface area contributed by atoms with Crippen molar-refractivity contribution in [2.24, 2.45) is 0 Å². The molecule has 0 saturated carbocycles. The summed E-state index contributed by atoms with van der Waals surface area (Å²) in [4.78, 5) is 22.6. The van der Waals surface area contributed by atoms with Gasteiger partial charge in [0.15, 0.2) is 5.78 Å². The molecule has 0 spiro atoms. The smallest absolute Gasteiger partial charge is 0.327 e. The van der Waals surface area contributed by atoms with Crippen molar-refractivity contribution in [3.63, 3.8) is 0 Å². The molecule has 112 valence electrons. The molecule has 0 aliphatic carbocycles. The Bertz CT molecular complexity index is 345. The van der Waals surface area contributed by atoms with Crippen molar-refractivity contribution in [1.29, 1.82) is 0 Å². The molecule has 0 heterocycles. The Morgan fingerprint density at radius 2 is 1.68 bits per heavy atom. The second kappa shape index (κ2) is 6.49. The maximum absolute atomic E-state index is 13.0. The van der Waals surface area contributed by atoms with Crippen molar-refractivity contribution >= 4 is 23.3 Å². The number of carbonyl (C=O) groups excluding carboxylic acids is 2. The van der Waals surface area contributed by atoms with Gasteiger partial charge in [0.2, 0.25) is 0 Å². The van der Waals surface area contributed by atoms with Gasteiger partial charge in [-0.15, -0.1) is 11.6 Å². The molecule has 0 aliphatic rings.